The van der Waals surface area contributed by atoms with Crippen LogP contribution in [-0.4, -0.2) is 32.5 Å². The Bertz CT molecular complexity index is 350. The van der Waals surface area contributed by atoms with Gasteiger partial charge in [0.1, 0.15) is 0 Å². The van der Waals surface area contributed by atoms with Gasteiger partial charge in [-0.25, -0.2) is 4.68 Å². The summed E-state index contributed by atoms with van der Waals surface area (Å²) in [5.74, 6) is 2.57. The normalized spacial score (nSPS) is 18.5. The molecule has 2 heterocycles. The van der Waals surface area contributed by atoms with Crippen molar-refractivity contribution in [3.8, 4) is 0 Å². The minimum Gasteiger partial charge on any atom is -0.308 e. The van der Waals surface area contributed by atoms with Crippen molar-refractivity contribution in [2.45, 2.75) is 51.7 Å². The van der Waals surface area contributed by atoms with Crippen LogP contribution < -0.4 is 5.32 Å². The molecule has 96 valence electrons. The van der Waals surface area contributed by atoms with Crippen LogP contribution in [0.3, 0.4) is 0 Å². The van der Waals surface area contributed by atoms with E-state index < -0.39 is 0 Å². The molecule has 0 amide bonds. The van der Waals surface area contributed by atoms with E-state index in [-0.39, 0.29) is 5.54 Å². The van der Waals surface area contributed by atoms with E-state index in [2.05, 4.69) is 48.2 Å². The van der Waals surface area contributed by atoms with Gasteiger partial charge in [-0.05, 0) is 45.1 Å². The van der Waals surface area contributed by atoms with Crippen LogP contribution in [0.5, 0.6) is 0 Å². The average molecular weight is 254 g/mol. The predicted octanol–water partition coefficient (Wildman–Crippen LogP) is 2.02. The van der Waals surface area contributed by atoms with Crippen molar-refractivity contribution in [2.75, 3.05) is 11.5 Å². The molecule has 0 aromatic carbocycles. The van der Waals surface area contributed by atoms with Crippen LogP contribution in [0.1, 0.15) is 39.3 Å². The number of hydrogen-bond donors (Lipinski definition) is 1. The molecular weight excluding hydrogens is 232 g/mol. The minimum absolute atomic E-state index is 0.0206. The maximum Gasteiger partial charge on any atom is 0.0965 e. The van der Waals surface area contributed by atoms with Crippen LogP contribution in [0, 0.1) is 0 Å². The zero-order valence-corrected chi connectivity index (χ0v) is 11.8. The summed E-state index contributed by atoms with van der Waals surface area (Å²) in [7, 11) is 0. The summed E-state index contributed by atoms with van der Waals surface area (Å²) < 4.78 is 1.93. The van der Waals surface area contributed by atoms with Crippen molar-refractivity contribution in [3.63, 3.8) is 0 Å². The summed E-state index contributed by atoms with van der Waals surface area (Å²) in [6, 6.07) is 0.663. The lowest BCUT2D eigenvalue weighted by atomic mass is 10.1. The van der Waals surface area contributed by atoms with Gasteiger partial charge in [0, 0.05) is 12.6 Å². The fourth-order valence-electron chi connectivity index (χ4n) is 1.86. The molecule has 0 aliphatic carbocycles. The van der Waals surface area contributed by atoms with E-state index >= 15 is 0 Å². The highest BCUT2D eigenvalue weighted by Gasteiger charge is 2.16. The van der Waals surface area contributed by atoms with Gasteiger partial charge in [0.05, 0.1) is 17.4 Å². The molecule has 2 rings (SSSR count). The van der Waals surface area contributed by atoms with Crippen LogP contribution in [0.2, 0.25) is 0 Å². The molecule has 0 radical (unpaired) electrons. The third-order valence-corrected chi connectivity index (χ3v) is 4.07. The molecule has 17 heavy (non-hydrogen) atoms. The average Bonchev–Trinajstić information content (AvgIpc) is 2.76. The molecule has 1 N–H and O–H groups in total. The molecule has 0 unspecified atom stereocenters. The van der Waals surface area contributed by atoms with E-state index in [1.165, 1.54) is 24.3 Å². The highest BCUT2D eigenvalue weighted by molar-refractivity contribution is 7.99. The van der Waals surface area contributed by atoms with Crippen LogP contribution >= 0.6 is 11.8 Å². The zero-order valence-electron chi connectivity index (χ0n) is 10.9. The van der Waals surface area contributed by atoms with Crippen LogP contribution in [-0.2, 0) is 12.1 Å². The Morgan fingerprint density at radius 3 is 2.71 bits per heavy atom. The van der Waals surface area contributed by atoms with Crippen molar-refractivity contribution in [3.05, 3.63) is 11.9 Å². The molecule has 1 fully saturated rings. The predicted molar refractivity (Wildman–Crippen MR) is 72.2 cm³/mol. The third kappa shape index (κ3) is 3.71. The molecule has 0 bridgehead atoms. The SMILES string of the molecule is CC(C)(C)n1cc(CNC2CCSCC2)nn1. The molecule has 0 spiro atoms. The molecule has 1 saturated heterocycles. The number of nitrogens with zero attached hydrogens (tertiary/aromatic N) is 3. The van der Waals surface area contributed by atoms with Crippen molar-refractivity contribution < 1.29 is 0 Å². The maximum absolute atomic E-state index is 4.21. The Morgan fingerprint density at radius 2 is 2.12 bits per heavy atom. The molecule has 1 aliphatic rings. The summed E-state index contributed by atoms with van der Waals surface area (Å²) in [5.41, 5.74) is 1.06. The van der Waals surface area contributed by atoms with Gasteiger partial charge in [-0.2, -0.15) is 11.8 Å². The Kier molecular flexibility index (Phi) is 4.09. The summed E-state index contributed by atoms with van der Waals surface area (Å²) in [6.45, 7) is 7.25. The first-order valence-corrected chi connectivity index (χ1v) is 7.44. The lowest BCUT2D eigenvalue weighted by molar-refractivity contribution is 0.346. The molecule has 1 aliphatic heterocycles. The lowest BCUT2D eigenvalue weighted by Gasteiger charge is -2.22. The minimum atomic E-state index is 0.0206. The standard InChI is InChI=1S/C12H22N4S/c1-12(2,3)16-9-11(14-15-16)8-13-10-4-6-17-7-5-10/h9-10,13H,4-8H2,1-3H3. The second kappa shape index (κ2) is 5.40. The van der Waals surface area contributed by atoms with E-state index in [9.17, 15) is 0 Å². The second-order valence-corrected chi connectivity index (χ2v) is 6.82. The Morgan fingerprint density at radius 1 is 1.41 bits per heavy atom. The van der Waals surface area contributed by atoms with E-state index in [0.717, 1.165) is 12.2 Å². The van der Waals surface area contributed by atoms with Gasteiger partial charge >= 0.3 is 0 Å². The molecule has 5 heteroatoms. The Labute approximate surface area is 108 Å². The van der Waals surface area contributed by atoms with Gasteiger partial charge < -0.3 is 5.32 Å². The fraction of sp³-hybridized carbons (Fsp3) is 0.833. The smallest absolute Gasteiger partial charge is 0.0965 e. The van der Waals surface area contributed by atoms with Crippen molar-refractivity contribution >= 4 is 11.8 Å². The quantitative estimate of drug-likeness (QED) is 0.896. The highest BCUT2D eigenvalue weighted by atomic mass is 32.2. The van der Waals surface area contributed by atoms with Crippen LogP contribution in [0.4, 0.5) is 0 Å². The number of nitrogens with one attached hydrogen (secondary N) is 1. The van der Waals surface area contributed by atoms with Crippen LogP contribution in [0.15, 0.2) is 6.20 Å². The third-order valence-electron chi connectivity index (χ3n) is 3.02. The van der Waals surface area contributed by atoms with Crippen molar-refractivity contribution in [1.82, 2.24) is 20.3 Å². The summed E-state index contributed by atoms with van der Waals surface area (Å²) >= 11 is 2.06. The molecule has 1 aromatic heterocycles. The first kappa shape index (κ1) is 12.9. The summed E-state index contributed by atoms with van der Waals surface area (Å²) in [6.07, 6.45) is 4.60. The van der Waals surface area contributed by atoms with E-state index in [4.69, 9.17) is 0 Å². The zero-order chi connectivity index (χ0) is 12.3. The van der Waals surface area contributed by atoms with Gasteiger partial charge in [0.25, 0.3) is 0 Å². The number of aromatic nitrogens is 3. The maximum atomic E-state index is 4.21. The lowest BCUT2D eigenvalue weighted by Crippen LogP contribution is -2.32. The molecule has 1 aromatic rings. The van der Waals surface area contributed by atoms with Crippen molar-refractivity contribution in [1.29, 1.82) is 0 Å². The van der Waals surface area contributed by atoms with Gasteiger partial charge in [0.2, 0.25) is 0 Å². The van der Waals surface area contributed by atoms with E-state index in [0.29, 0.717) is 6.04 Å². The molecule has 0 saturated carbocycles. The molecular formula is C12H22N4S. The first-order valence-electron chi connectivity index (χ1n) is 6.28. The Hall–Kier alpha value is -0.550. The van der Waals surface area contributed by atoms with E-state index in [1.54, 1.807) is 0 Å². The highest BCUT2D eigenvalue weighted by Crippen LogP contribution is 2.17. The number of thioether (sulfide) groups is 1. The topological polar surface area (TPSA) is 42.7 Å². The second-order valence-electron chi connectivity index (χ2n) is 5.59. The van der Waals surface area contributed by atoms with Gasteiger partial charge in [-0.15, -0.1) is 5.10 Å². The summed E-state index contributed by atoms with van der Waals surface area (Å²) in [5, 5.41) is 12.0. The Balaban J connectivity index is 1.84. The fourth-order valence-corrected chi connectivity index (χ4v) is 2.96. The van der Waals surface area contributed by atoms with Crippen LogP contribution in [0.25, 0.3) is 0 Å². The monoisotopic (exact) mass is 254 g/mol. The largest absolute Gasteiger partial charge is 0.308 e. The van der Waals surface area contributed by atoms with E-state index in [1.807, 2.05) is 10.9 Å². The van der Waals surface area contributed by atoms with Crippen molar-refractivity contribution in [2.24, 2.45) is 0 Å². The summed E-state index contributed by atoms with van der Waals surface area (Å²) in [4.78, 5) is 0. The van der Waals surface area contributed by atoms with Gasteiger partial charge in [-0.3, -0.25) is 0 Å². The number of rotatable bonds is 3. The number of hydrogen-bond acceptors (Lipinski definition) is 4. The molecule has 0 atom stereocenters. The van der Waals surface area contributed by atoms with Gasteiger partial charge in [0.15, 0.2) is 0 Å². The molecule has 4 nitrogen and oxygen atoms in total. The first-order chi connectivity index (χ1) is 8.05. The van der Waals surface area contributed by atoms with Gasteiger partial charge in [-0.1, -0.05) is 5.21 Å².